The Hall–Kier alpha value is -1.36. The molecule has 2 heterocycles. The second kappa shape index (κ2) is 6.87. The first-order valence-corrected chi connectivity index (χ1v) is 9.10. The van der Waals surface area contributed by atoms with E-state index in [-0.39, 0.29) is 6.10 Å². The molecule has 4 atom stereocenters. The molecule has 2 fully saturated rings. The zero-order valence-electron chi connectivity index (χ0n) is 14.0. The van der Waals surface area contributed by atoms with Gasteiger partial charge < -0.3 is 4.74 Å². The van der Waals surface area contributed by atoms with E-state index >= 15 is 0 Å². The monoisotopic (exact) mass is 345 g/mol. The van der Waals surface area contributed by atoms with Crippen LogP contribution in [0.25, 0.3) is 0 Å². The van der Waals surface area contributed by atoms with Crippen LogP contribution in [-0.2, 0) is 11.3 Å². The van der Waals surface area contributed by atoms with Gasteiger partial charge in [-0.2, -0.15) is 5.10 Å². The van der Waals surface area contributed by atoms with Crippen LogP contribution in [0.1, 0.15) is 24.4 Å². The average Bonchev–Trinajstić information content (AvgIpc) is 3.24. The van der Waals surface area contributed by atoms with Gasteiger partial charge in [-0.25, -0.2) is 0 Å². The fourth-order valence-corrected chi connectivity index (χ4v) is 4.69. The summed E-state index contributed by atoms with van der Waals surface area (Å²) in [5.74, 6) is 1.43. The molecule has 1 aromatic heterocycles. The van der Waals surface area contributed by atoms with E-state index in [0.29, 0.717) is 17.9 Å². The Bertz CT molecular complexity index is 675. The molecule has 5 heteroatoms. The van der Waals surface area contributed by atoms with Crippen LogP contribution < -0.4 is 0 Å². The van der Waals surface area contributed by atoms with E-state index in [0.717, 1.165) is 37.5 Å². The number of methoxy groups -OCH3 is 1. The fourth-order valence-electron chi connectivity index (χ4n) is 4.49. The quantitative estimate of drug-likeness (QED) is 0.847. The van der Waals surface area contributed by atoms with Crippen molar-refractivity contribution in [3.63, 3.8) is 0 Å². The third-order valence-electron chi connectivity index (χ3n) is 5.68. The Morgan fingerprint density at radius 2 is 1.96 bits per heavy atom. The molecule has 0 spiro atoms. The van der Waals surface area contributed by atoms with Gasteiger partial charge in [0.15, 0.2) is 0 Å². The van der Waals surface area contributed by atoms with Gasteiger partial charge in [0.25, 0.3) is 0 Å². The van der Waals surface area contributed by atoms with Crippen molar-refractivity contribution in [2.75, 3.05) is 20.2 Å². The second-order valence-corrected chi connectivity index (χ2v) is 7.51. The summed E-state index contributed by atoms with van der Waals surface area (Å²) in [5.41, 5.74) is 1.23. The molecule has 24 heavy (non-hydrogen) atoms. The molecule has 2 aliphatic rings. The molecule has 0 radical (unpaired) electrons. The normalized spacial score (nSPS) is 30.4. The summed E-state index contributed by atoms with van der Waals surface area (Å²) in [6, 6.07) is 10.5. The Morgan fingerprint density at radius 3 is 2.67 bits per heavy atom. The number of nitrogens with zero attached hydrogens (tertiary/aromatic N) is 3. The summed E-state index contributed by atoms with van der Waals surface area (Å²) in [6.07, 6.45) is 6.44. The summed E-state index contributed by atoms with van der Waals surface area (Å²) in [7, 11) is 1.83. The topological polar surface area (TPSA) is 30.3 Å². The molecular formula is C19H24ClN3O. The highest BCUT2D eigenvalue weighted by Gasteiger charge is 2.43. The highest BCUT2D eigenvalue weighted by atomic mass is 35.5. The van der Waals surface area contributed by atoms with Gasteiger partial charge in [0.05, 0.1) is 12.1 Å². The van der Waals surface area contributed by atoms with Crippen molar-refractivity contribution < 1.29 is 4.74 Å². The lowest BCUT2D eigenvalue weighted by Gasteiger charge is -2.37. The van der Waals surface area contributed by atoms with Gasteiger partial charge in [-0.3, -0.25) is 9.58 Å². The number of fused-ring (bicyclic) bond motifs is 1. The minimum atomic E-state index is 0.256. The minimum Gasteiger partial charge on any atom is -0.379 e. The minimum absolute atomic E-state index is 0.256. The summed E-state index contributed by atoms with van der Waals surface area (Å²) >= 11 is 6.33. The van der Waals surface area contributed by atoms with Crippen LogP contribution in [0.2, 0.25) is 5.02 Å². The van der Waals surface area contributed by atoms with Crippen LogP contribution >= 0.6 is 11.6 Å². The van der Waals surface area contributed by atoms with E-state index in [1.54, 1.807) is 0 Å². The van der Waals surface area contributed by atoms with Crippen LogP contribution in [0.4, 0.5) is 0 Å². The van der Waals surface area contributed by atoms with E-state index in [4.69, 9.17) is 16.3 Å². The maximum absolute atomic E-state index is 6.33. The van der Waals surface area contributed by atoms with Gasteiger partial charge in [-0.1, -0.05) is 29.8 Å². The van der Waals surface area contributed by atoms with Gasteiger partial charge in [0.2, 0.25) is 0 Å². The van der Waals surface area contributed by atoms with Crippen molar-refractivity contribution >= 4 is 11.6 Å². The molecule has 1 aromatic carbocycles. The molecule has 128 valence electrons. The number of aromatic nitrogens is 2. The molecule has 1 aliphatic carbocycles. The maximum atomic E-state index is 6.33. The standard InChI is InChI=1S/C19H24ClN3O/c1-24-19-10-16-13-22(11-14-5-2-3-6-17(14)20)12-15(16)9-18(19)23-8-4-7-21-23/h2-8,15-16,18-19H,9-13H2,1H3/t15-,16+,18-,19-/m0/s1. The average molecular weight is 346 g/mol. The Balaban J connectivity index is 1.46. The van der Waals surface area contributed by atoms with E-state index < -0.39 is 0 Å². The zero-order chi connectivity index (χ0) is 16.5. The molecule has 2 aromatic rings. The van der Waals surface area contributed by atoms with Crippen molar-refractivity contribution in [1.29, 1.82) is 0 Å². The maximum Gasteiger partial charge on any atom is 0.0798 e. The lowest BCUT2D eigenvalue weighted by atomic mass is 9.77. The molecule has 0 amide bonds. The molecule has 4 rings (SSSR count). The van der Waals surface area contributed by atoms with Crippen LogP contribution in [0.15, 0.2) is 42.7 Å². The third kappa shape index (κ3) is 3.10. The number of rotatable bonds is 4. The number of benzene rings is 1. The number of hydrogen-bond acceptors (Lipinski definition) is 3. The molecule has 0 N–H and O–H groups in total. The predicted octanol–water partition coefficient (Wildman–Crippen LogP) is 3.63. The lowest BCUT2D eigenvalue weighted by Crippen LogP contribution is -2.37. The van der Waals surface area contributed by atoms with Crippen molar-refractivity contribution in [2.24, 2.45) is 11.8 Å². The van der Waals surface area contributed by atoms with Crippen LogP contribution in [0.3, 0.4) is 0 Å². The van der Waals surface area contributed by atoms with Gasteiger partial charge in [-0.15, -0.1) is 0 Å². The van der Waals surface area contributed by atoms with Gasteiger partial charge >= 0.3 is 0 Å². The summed E-state index contributed by atoms with van der Waals surface area (Å²) in [6.45, 7) is 3.22. The largest absolute Gasteiger partial charge is 0.379 e. The van der Waals surface area contributed by atoms with E-state index in [2.05, 4.69) is 33.0 Å². The first kappa shape index (κ1) is 16.1. The SMILES string of the molecule is CO[C@H]1C[C@@H]2CN(Cc3ccccc3Cl)C[C@@H]2C[C@@H]1n1cccn1. The number of ether oxygens (including phenoxy) is 1. The number of halogens is 1. The smallest absolute Gasteiger partial charge is 0.0798 e. The Kier molecular flexibility index (Phi) is 4.61. The van der Waals surface area contributed by atoms with E-state index in [1.165, 1.54) is 5.56 Å². The number of likely N-dealkylation sites (tertiary alicyclic amines) is 1. The molecule has 4 nitrogen and oxygen atoms in total. The molecule has 1 saturated carbocycles. The van der Waals surface area contributed by atoms with E-state index in [1.807, 2.05) is 31.5 Å². The Labute approximate surface area is 148 Å². The van der Waals surface area contributed by atoms with Gasteiger partial charge in [-0.05, 0) is 42.4 Å². The predicted molar refractivity (Wildman–Crippen MR) is 95.0 cm³/mol. The van der Waals surface area contributed by atoms with Crippen molar-refractivity contribution in [3.05, 3.63) is 53.3 Å². The first-order valence-electron chi connectivity index (χ1n) is 8.72. The summed E-state index contributed by atoms with van der Waals surface area (Å²) in [4.78, 5) is 2.55. The Morgan fingerprint density at radius 1 is 1.17 bits per heavy atom. The molecular weight excluding hydrogens is 322 g/mol. The second-order valence-electron chi connectivity index (χ2n) is 7.10. The van der Waals surface area contributed by atoms with Gasteiger partial charge in [0.1, 0.15) is 0 Å². The van der Waals surface area contributed by atoms with Crippen LogP contribution in [-0.4, -0.2) is 41.0 Å². The van der Waals surface area contributed by atoms with Crippen molar-refractivity contribution in [2.45, 2.75) is 31.5 Å². The summed E-state index contributed by atoms with van der Waals surface area (Å²) in [5, 5.41) is 5.33. The molecule has 1 saturated heterocycles. The zero-order valence-corrected chi connectivity index (χ0v) is 14.8. The van der Waals surface area contributed by atoms with Crippen molar-refractivity contribution in [1.82, 2.24) is 14.7 Å². The lowest BCUT2D eigenvalue weighted by molar-refractivity contribution is -0.00486. The molecule has 0 bridgehead atoms. The summed E-state index contributed by atoms with van der Waals surface area (Å²) < 4.78 is 7.89. The van der Waals surface area contributed by atoms with Crippen LogP contribution in [0, 0.1) is 11.8 Å². The fraction of sp³-hybridized carbons (Fsp3) is 0.526. The highest BCUT2D eigenvalue weighted by Crippen LogP contribution is 2.42. The highest BCUT2D eigenvalue weighted by molar-refractivity contribution is 6.31. The first-order chi connectivity index (χ1) is 11.7. The van der Waals surface area contributed by atoms with Crippen LogP contribution in [0.5, 0.6) is 0 Å². The van der Waals surface area contributed by atoms with Crippen molar-refractivity contribution in [3.8, 4) is 0 Å². The molecule has 1 aliphatic heterocycles. The van der Waals surface area contributed by atoms with E-state index in [9.17, 15) is 0 Å². The third-order valence-corrected chi connectivity index (χ3v) is 6.05. The molecule has 0 unspecified atom stereocenters. The number of hydrogen-bond donors (Lipinski definition) is 0. The van der Waals surface area contributed by atoms with Gasteiger partial charge in [0, 0.05) is 44.2 Å².